The topological polar surface area (TPSA) is 69.6 Å². The van der Waals surface area contributed by atoms with E-state index in [1.165, 1.54) is 14.2 Å². The monoisotopic (exact) mass is 324 g/mol. The van der Waals surface area contributed by atoms with Gasteiger partial charge in [-0.05, 0) is 13.0 Å². The van der Waals surface area contributed by atoms with Crippen molar-refractivity contribution in [2.75, 3.05) is 27.4 Å². The molecular formula is C12H21ClN2O4S. The Bertz CT molecular complexity index is 494. The second kappa shape index (κ2) is 7.99. The van der Waals surface area contributed by atoms with Gasteiger partial charge in [0.05, 0.1) is 23.5 Å². The van der Waals surface area contributed by atoms with E-state index in [1.807, 2.05) is 11.5 Å². The summed E-state index contributed by atoms with van der Waals surface area (Å²) in [5.41, 5.74) is 0.773. The molecule has 0 saturated heterocycles. The number of alkyl halides is 1. The standard InChI is InChI=1S/C12H21ClN2O4S/c1-4-15-8-12(5-10(15)6-13)20(16,17)14-7-11(19-3)9-18-2/h5,8,11,14H,4,6-7,9H2,1-3H3. The van der Waals surface area contributed by atoms with E-state index in [9.17, 15) is 8.42 Å². The number of halogens is 1. The number of ether oxygens (including phenoxy) is 2. The summed E-state index contributed by atoms with van der Waals surface area (Å²) < 4.78 is 38.8. The Morgan fingerprint density at radius 3 is 2.60 bits per heavy atom. The van der Waals surface area contributed by atoms with Crippen molar-refractivity contribution in [3.63, 3.8) is 0 Å². The fourth-order valence-electron chi connectivity index (χ4n) is 1.76. The molecular weight excluding hydrogens is 304 g/mol. The SMILES string of the molecule is CCn1cc(S(=O)(=O)NCC(COC)OC)cc1CCl. The first-order valence-corrected chi connectivity index (χ1v) is 8.26. The number of hydrogen-bond donors (Lipinski definition) is 1. The Hall–Kier alpha value is -0.600. The first kappa shape index (κ1) is 17.5. The molecule has 1 unspecified atom stereocenters. The summed E-state index contributed by atoms with van der Waals surface area (Å²) in [5.74, 6) is 0.272. The molecule has 20 heavy (non-hydrogen) atoms. The number of nitrogens with one attached hydrogen (secondary N) is 1. The van der Waals surface area contributed by atoms with E-state index >= 15 is 0 Å². The van der Waals surface area contributed by atoms with Crippen molar-refractivity contribution in [2.24, 2.45) is 0 Å². The molecule has 116 valence electrons. The molecule has 1 N–H and O–H groups in total. The molecule has 1 rings (SSSR count). The summed E-state index contributed by atoms with van der Waals surface area (Å²) >= 11 is 5.79. The molecule has 0 aliphatic heterocycles. The van der Waals surface area contributed by atoms with Gasteiger partial charge in [-0.2, -0.15) is 0 Å². The number of sulfonamides is 1. The minimum atomic E-state index is -3.57. The summed E-state index contributed by atoms with van der Waals surface area (Å²) in [4.78, 5) is 0.210. The Kier molecular flexibility index (Phi) is 6.97. The third-order valence-electron chi connectivity index (χ3n) is 2.94. The molecule has 0 radical (unpaired) electrons. The van der Waals surface area contributed by atoms with Crippen LogP contribution in [0.4, 0.5) is 0 Å². The van der Waals surface area contributed by atoms with Gasteiger partial charge in [-0.15, -0.1) is 11.6 Å². The van der Waals surface area contributed by atoms with Crippen LogP contribution >= 0.6 is 11.6 Å². The highest BCUT2D eigenvalue weighted by molar-refractivity contribution is 7.89. The number of rotatable bonds is 9. The van der Waals surface area contributed by atoms with Crippen molar-refractivity contribution >= 4 is 21.6 Å². The van der Waals surface area contributed by atoms with Crippen LogP contribution in [0.2, 0.25) is 0 Å². The Labute approximate surface area is 125 Å². The highest BCUT2D eigenvalue weighted by Gasteiger charge is 2.19. The van der Waals surface area contributed by atoms with Crippen molar-refractivity contribution in [3.8, 4) is 0 Å². The van der Waals surface area contributed by atoms with Gasteiger partial charge in [0.25, 0.3) is 0 Å². The van der Waals surface area contributed by atoms with Gasteiger partial charge in [0.1, 0.15) is 0 Å². The lowest BCUT2D eigenvalue weighted by atomic mass is 10.4. The van der Waals surface area contributed by atoms with Crippen molar-refractivity contribution in [2.45, 2.75) is 30.3 Å². The normalized spacial score (nSPS) is 13.6. The number of nitrogens with zero attached hydrogens (tertiary/aromatic N) is 1. The summed E-state index contributed by atoms with van der Waals surface area (Å²) in [6.07, 6.45) is 1.26. The van der Waals surface area contributed by atoms with Gasteiger partial charge in [0.15, 0.2) is 0 Å². The van der Waals surface area contributed by atoms with E-state index in [4.69, 9.17) is 21.1 Å². The molecule has 0 amide bonds. The highest BCUT2D eigenvalue weighted by atomic mass is 35.5. The minimum Gasteiger partial charge on any atom is -0.382 e. The van der Waals surface area contributed by atoms with Crippen LogP contribution in [0.15, 0.2) is 17.2 Å². The van der Waals surface area contributed by atoms with Gasteiger partial charge in [-0.25, -0.2) is 13.1 Å². The maximum Gasteiger partial charge on any atom is 0.242 e. The summed E-state index contributed by atoms with van der Waals surface area (Å²) in [5, 5.41) is 0. The highest BCUT2D eigenvalue weighted by Crippen LogP contribution is 2.16. The number of aryl methyl sites for hydroxylation is 1. The first-order valence-electron chi connectivity index (χ1n) is 6.24. The maximum absolute atomic E-state index is 12.2. The quantitative estimate of drug-likeness (QED) is 0.693. The molecule has 1 aromatic heterocycles. The molecule has 1 aromatic rings. The summed E-state index contributed by atoms with van der Waals surface area (Å²) in [7, 11) is -0.523. The van der Waals surface area contributed by atoms with Crippen molar-refractivity contribution < 1.29 is 17.9 Å². The smallest absolute Gasteiger partial charge is 0.242 e. The summed E-state index contributed by atoms with van der Waals surface area (Å²) in [6.45, 7) is 3.07. The van der Waals surface area contributed by atoms with Gasteiger partial charge in [0, 0.05) is 39.2 Å². The van der Waals surface area contributed by atoms with E-state index in [2.05, 4.69) is 4.72 Å². The Morgan fingerprint density at radius 2 is 2.15 bits per heavy atom. The number of methoxy groups -OCH3 is 2. The van der Waals surface area contributed by atoms with E-state index in [-0.39, 0.29) is 23.4 Å². The molecule has 0 aliphatic carbocycles. The first-order chi connectivity index (χ1) is 9.48. The second-order valence-corrected chi connectivity index (χ2v) is 6.29. The van der Waals surface area contributed by atoms with Gasteiger partial charge in [0.2, 0.25) is 10.0 Å². The maximum atomic E-state index is 12.2. The van der Waals surface area contributed by atoms with E-state index < -0.39 is 10.0 Å². The Morgan fingerprint density at radius 1 is 1.45 bits per heavy atom. The molecule has 0 fully saturated rings. The van der Waals surface area contributed by atoms with Gasteiger partial charge in [-0.3, -0.25) is 0 Å². The van der Waals surface area contributed by atoms with Crippen LogP contribution in [0.5, 0.6) is 0 Å². The minimum absolute atomic E-state index is 0.153. The van der Waals surface area contributed by atoms with Gasteiger partial charge < -0.3 is 14.0 Å². The van der Waals surface area contributed by atoms with Crippen LogP contribution in [-0.4, -0.2) is 46.5 Å². The predicted octanol–water partition coefficient (Wildman–Crippen LogP) is 1.19. The van der Waals surface area contributed by atoms with Crippen LogP contribution < -0.4 is 4.72 Å². The van der Waals surface area contributed by atoms with Crippen LogP contribution in [0.1, 0.15) is 12.6 Å². The lowest BCUT2D eigenvalue weighted by Crippen LogP contribution is -2.35. The average molecular weight is 325 g/mol. The van der Waals surface area contributed by atoms with Crippen molar-refractivity contribution in [3.05, 3.63) is 18.0 Å². The van der Waals surface area contributed by atoms with Gasteiger partial charge >= 0.3 is 0 Å². The molecule has 0 bridgehead atoms. The molecule has 0 saturated carbocycles. The number of aromatic nitrogens is 1. The zero-order valence-corrected chi connectivity index (χ0v) is 13.5. The third-order valence-corrected chi connectivity index (χ3v) is 4.60. The van der Waals surface area contributed by atoms with E-state index in [1.54, 1.807) is 12.3 Å². The molecule has 0 spiro atoms. The zero-order valence-electron chi connectivity index (χ0n) is 11.9. The molecule has 1 heterocycles. The molecule has 8 heteroatoms. The van der Waals surface area contributed by atoms with Crippen LogP contribution in [0.3, 0.4) is 0 Å². The largest absolute Gasteiger partial charge is 0.382 e. The summed E-state index contributed by atoms with van der Waals surface area (Å²) in [6, 6.07) is 1.58. The Balaban J connectivity index is 2.80. The van der Waals surface area contributed by atoms with E-state index in [0.29, 0.717) is 13.2 Å². The van der Waals surface area contributed by atoms with Crippen molar-refractivity contribution in [1.29, 1.82) is 0 Å². The fraction of sp³-hybridized carbons (Fsp3) is 0.667. The van der Waals surface area contributed by atoms with E-state index in [0.717, 1.165) is 5.69 Å². The van der Waals surface area contributed by atoms with Crippen LogP contribution in [-0.2, 0) is 31.9 Å². The molecule has 0 aliphatic rings. The lowest BCUT2D eigenvalue weighted by Gasteiger charge is -2.14. The molecule has 6 nitrogen and oxygen atoms in total. The lowest BCUT2D eigenvalue weighted by molar-refractivity contribution is 0.0320. The second-order valence-electron chi connectivity index (χ2n) is 4.25. The van der Waals surface area contributed by atoms with Crippen LogP contribution in [0, 0.1) is 0 Å². The molecule has 0 aromatic carbocycles. The fourth-order valence-corrected chi connectivity index (χ4v) is 3.12. The van der Waals surface area contributed by atoms with Crippen LogP contribution in [0.25, 0.3) is 0 Å². The third kappa shape index (κ3) is 4.46. The van der Waals surface area contributed by atoms with Gasteiger partial charge in [-0.1, -0.05) is 0 Å². The molecule has 1 atom stereocenters. The zero-order chi connectivity index (χ0) is 15.2. The predicted molar refractivity (Wildman–Crippen MR) is 77.5 cm³/mol. The van der Waals surface area contributed by atoms with Crippen molar-refractivity contribution in [1.82, 2.24) is 9.29 Å². The number of hydrogen-bond acceptors (Lipinski definition) is 4. The average Bonchev–Trinajstić information content (AvgIpc) is 2.87.